The van der Waals surface area contributed by atoms with Crippen LogP contribution in [0, 0.1) is 5.92 Å². The zero-order valence-corrected chi connectivity index (χ0v) is 15.5. The second-order valence-corrected chi connectivity index (χ2v) is 6.90. The number of hydrogen-bond donors (Lipinski definition) is 2. The van der Waals surface area contributed by atoms with Crippen molar-refractivity contribution in [2.45, 2.75) is 46.1 Å². The smallest absolute Gasteiger partial charge is 0.191 e. The number of pyridine rings is 1. The number of hydrogen-bond acceptors (Lipinski definition) is 3. The monoisotopic (exact) mass is 331 g/mol. The van der Waals surface area contributed by atoms with Crippen molar-refractivity contribution < 1.29 is 0 Å². The van der Waals surface area contributed by atoms with Crippen LogP contribution in [0.3, 0.4) is 0 Å². The van der Waals surface area contributed by atoms with Crippen molar-refractivity contribution in [1.82, 2.24) is 20.5 Å². The lowest BCUT2D eigenvalue weighted by Gasteiger charge is -2.25. The maximum Gasteiger partial charge on any atom is 0.191 e. The van der Waals surface area contributed by atoms with Crippen molar-refractivity contribution in [2.24, 2.45) is 10.9 Å². The normalized spacial score (nSPS) is 19.0. The summed E-state index contributed by atoms with van der Waals surface area (Å²) in [5.41, 5.74) is 1.11. The Morgan fingerprint density at radius 3 is 2.96 bits per heavy atom. The molecule has 1 aliphatic rings. The Balaban J connectivity index is 1.81. The van der Waals surface area contributed by atoms with Crippen LogP contribution < -0.4 is 10.6 Å². The number of guanidine groups is 1. The highest BCUT2D eigenvalue weighted by molar-refractivity contribution is 5.79. The lowest BCUT2D eigenvalue weighted by atomic mass is 10.2. The fourth-order valence-corrected chi connectivity index (χ4v) is 3.20. The first-order valence-corrected chi connectivity index (χ1v) is 9.35. The van der Waals surface area contributed by atoms with Gasteiger partial charge in [0, 0.05) is 44.0 Å². The molecule has 2 rings (SSSR count). The molecular weight excluding hydrogens is 298 g/mol. The summed E-state index contributed by atoms with van der Waals surface area (Å²) in [6, 6.07) is 6.64. The minimum absolute atomic E-state index is 0.596. The lowest BCUT2D eigenvalue weighted by Crippen LogP contribution is -2.40. The fraction of sp³-hybridized carbons (Fsp3) is 0.684. The van der Waals surface area contributed by atoms with Gasteiger partial charge in [-0.15, -0.1) is 0 Å². The molecule has 0 aromatic carbocycles. The van der Waals surface area contributed by atoms with Gasteiger partial charge in [0.1, 0.15) is 0 Å². The quantitative estimate of drug-likeness (QED) is 0.567. The maximum atomic E-state index is 4.82. The zero-order chi connectivity index (χ0) is 17.2. The van der Waals surface area contributed by atoms with Crippen molar-refractivity contribution in [3.05, 3.63) is 30.1 Å². The van der Waals surface area contributed by atoms with Crippen molar-refractivity contribution in [2.75, 3.05) is 32.7 Å². The highest BCUT2D eigenvalue weighted by Crippen LogP contribution is 2.18. The molecule has 5 heteroatoms. The summed E-state index contributed by atoms with van der Waals surface area (Å²) < 4.78 is 0. The van der Waals surface area contributed by atoms with Gasteiger partial charge < -0.3 is 10.6 Å². The van der Waals surface area contributed by atoms with E-state index < -0.39 is 0 Å². The molecule has 2 N–H and O–H groups in total. The lowest BCUT2D eigenvalue weighted by molar-refractivity contribution is 0.231. The predicted octanol–water partition coefficient (Wildman–Crippen LogP) is 2.30. The van der Waals surface area contributed by atoms with Crippen LogP contribution in [-0.4, -0.2) is 54.6 Å². The summed E-state index contributed by atoms with van der Waals surface area (Å²) in [7, 11) is 0. The molecule has 0 unspecified atom stereocenters. The molecule has 134 valence electrons. The van der Waals surface area contributed by atoms with Crippen molar-refractivity contribution in [3.63, 3.8) is 0 Å². The van der Waals surface area contributed by atoms with Crippen molar-refractivity contribution in [3.8, 4) is 0 Å². The van der Waals surface area contributed by atoms with Gasteiger partial charge in [-0.05, 0) is 44.4 Å². The average Bonchev–Trinajstić information content (AvgIpc) is 3.00. The molecule has 0 amide bonds. The Morgan fingerprint density at radius 2 is 2.25 bits per heavy atom. The maximum absolute atomic E-state index is 4.82. The molecule has 1 aromatic heterocycles. The molecule has 1 saturated heterocycles. The number of nitrogens with one attached hydrogen (secondary N) is 2. The van der Waals surface area contributed by atoms with Crippen LogP contribution in [0.1, 0.15) is 39.3 Å². The summed E-state index contributed by atoms with van der Waals surface area (Å²) in [6.07, 6.45) is 5.33. The minimum Gasteiger partial charge on any atom is -0.357 e. The number of rotatable bonds is 8. The third-order valence-electron chi connectivity index (χ3n) is 4.30. The molecule has 1 aliphatic heterocycles. The van der Waals surface area contributed by atoms with E-state index in [0.717, 1.165) is 43.6 Å². The van der Waals surface area contributed by atoms with E-state index in [1.165, 1.54) is 25.9 Å². The molecule has 5 nitrogen and oxygen atoms in total. The van der Waals surface area contributed by atoms with Crippen LogP contribution in [-0.2, 0) is 6.42 Å². The summed E-state index contributed by atoms with van der Waals surface area (Å²) in [4.78, 5) is 11.8. The predicted molar refractivity (Wildman–Crippen MR) is 101 cm³/mol. The third-order valence-corrected chi connectivity index (χ3v) is 4.30. The Kier molecular flexibility index (Phi) is 8.02. The van der Waals surface area contributed by atoms with E-state index in [1.807, 2.05) is 18.3 Å². The molecule has 0 bridgehead atoms. The van der Waals surface area contributed by atoms with Crippen LogP contribution in [0.5, 0.6) is 0 Å². The fourth-order valence-electron chi connectivity index (χ4n) is 3.20. The molecule has 2 heterocycles. The van der Waals surface area contributed by atoms with Gasteiger partial charge in [0.15, 0.2) is 5.96 Å². The van der Waals surface area contributed by atoms with Crippen LogP contribution in [0.15, 0.2) is 29.4 Å². The van der Waals surface area contributed by atoms with Crippen LogP contribution in [0.25, 0.3) is 0 Å². The van der Waals surface area contributed by atoms with E-state index in [2.05, 4.69) is 47.4 Å². The van der Waals surface area contributed by atoms with Gasteiger partial charge in [-0.2, -0.15) is 0 Å². The summed E-state index contributed by atoms with van der Waals surface area (Å²) in [6.45, 7) is 11.7. The van der Waals surface area contributed by atoms with E-state index in [4.69, 9.17) is 4.99 Å². The van der Waals surface area contributed by atoms with Gasteiger partial charge in [-0.3, -0.25) is 14.9 Å². The molecule has 1 aromatic rings. The van der Waals surface area contributed by atoms with Gasteiger partial charge in [-0.25, -0.2) is 0 Å². The number of likely N-dealkylation sites (tertiary alicyclic amines) is 1. The Hall–Kier alpha value is -1.62. The molecular formula is C19H33N5. The molecule has 1 fully saturated rings. The standard InChI is InChI=1S/C19H33N5/c1-4-20-19(22-12-10-17-8-5-6-11-21-17)23-14-18-9-7-13-24(18)15-16(2)3/h5-6,8,11,16,18H,4,7,9-10,12-15H2,1-3H3,(H2,20,22,23)/t18-/m1/s1. The van der Waals surface area contributed by atoms with E-state index >= 15 is 0 Å². The minimum atomic E-state index is 0.596. The van der Waals surface area contributed by atoms with Crippen LogP contribution in [0.2, 0.25) is 0 Å². The summed E-state index contributed by atoms with van der Waals surface area (Å²) in [5, 5.41) is 6.78. The van der Waals surface area contributed by atoms with Gasteiger partial charge in [-0.1, -0.05) is 19.9 Å². The molecule has 0 radical (unpaired) electrons. The third kappa shape index (κ3) is 6.48. The molecule has 0 saturated carbocycles. The number of aliphatic imine (C=N–C) groups is 1. The van der Waals surface area contributed by atoms with E-state index in [0.29, 0.717) is 6.04 Å². The molecule has 24 heavy (non-hydrogen) atoms. The van der Waals surface area contributed by atoms with Crippen molar-refractivity contribution >= 4 is 5.96 Å². The molecule has 0 aliphatic carbocycles. The Morgan fingerprint density at radius 1 is 1.38 bits per heavy atom. The molecule has 0 spiro atoms. The second-order valence-electron chi connectivity index (χ2n) is 6.90. The highest BCUT2D eigenvalue weighted by Gasteiger charge is 2.24. The number of aromatic nitrogens is 1. The van der Waals surface area contributed by atoms with Crippen LogP contribution >= 0.6 is 0 Å². The van der Waals surface area contributed by atoms with Gasteiger partial charge in [0.05, 0.1) is 6.54 Å². The van der Waals surface area contributed by atoms with E-state index in [9.17, 15) is 0 Å². The summed E-state index contributed by atoms with van der Waals surface area (Å²) >= 11 is 0. The first-order chi connectivity index (χ1) is 11.7. The first kappa shape index (κ1) is 18.7. The topological polar surface area (TPSA) is 52.6 Å². The van der Waals surface area contributed by atoms with E-state index in [-0.39, 0.29) is 0 Å². The highest BCUT2D eigenvalue weighted by atomic mass is 15.2. The van der Waals surface area contributed by atoms with Gasteiger partial charge in [0.2, 0.25) is 0 Å². The Labute approximate surface area is 147 Å². The van der Waals surface area contributed by atoms with E-state index in [1.54, 1.807) is 0 Å². The van der Waals surface area contributed by atoms with Gasteiger partial charge >= 0.3 is 0 Å². The Bertz CT molecular complexity index is 486. The SMILES string of the molecule is CCNC(=NC[C@H]1CCCN1CC(C)C)NCCc1ccccn1. The first-order valence-electron chi connectivity index (χ1n) is 9.35. The van der Waals surface area contributed by atoms with Crippen LogP contribution in [0.4, 0.5) is 0 Å². The number of nitrogens with zero attached hydrogens (tertiary/aromatic N) is 3. The average molecular weight is 332 g/mol. The second kappa shape index (κ2) is 10.3. The molecule has 1 atom stereocenters. The van der Waals surface area contributed by atoms with Crippen molar-refractivity contribution in [1.29, 1.82) is 0 Å². The largest absolute Gasteiger partial charge is 0.357 e. The van der Waals surface area contributed by atoms with Gasteiger partial charge in [0.25, 0.3) is 0 Å². The zero-order valence-electron chi connectivity index (χ0n) is 15.5. The summed E-state index contributed by atoms with van der Waals surface area (Å²) in [5.74, 6) is 1.64.